The van der Waals surface area contributed by atoms with Crippen molar-refractivity contribution < 1.29 is 19.4 Å². The van der Waals surface area contributed by atoms with E-state index in [4.69, 9.17) is 16.3 Å². The van der Waals surface area contributed by atoms with E-state index in [1.165, 1.54) is 12.4 Å². The number of carboxylic acids is 1. The smallest absolute Gasteiger partial charge is 0.336 e. The highest BCUT2D eigenvalue weighted by atomic mass is 35.5. The zero-order valence-corrected chi connectivity index (χ0v) is 15.6. The summed E-state index contributed by atoms with van der Waals surface area (Å²) in [5.41, 5.74) is 1.79. The molecule has 0 spiro atoms. The molecule has 2 atom stereocenters. The Bertz CT molecular complexity index is 950. The number of hydrogen-bond acceptors (Lipinski definition) is 4. The number of nitrogens with zero attached hydrogens (tertiary/aromatic N) is 1. The second-order valence-electron chi connectivity index (χ2n) is 6.19. The molecule has 1 heterocycles. The van der Waals surface area contributed by atoms with Crippen LogP contribution < -0.4 is 0 Å². The molecule has 0 bridgehead atoms. The molecular weight excluding hydrogens is 378 g/mol. The van der Waals surface area contributed by atoms with Crippen molar-refractivity contribution in [2.75, 3.05) is 6.61 Å². The lowest BCUT2D eigenvalue weighted by Crippen LogP contribution is -2.30. The molecule has 2 aromatic rings. The van der Waals surface area contributed by atoms with Crippen LogP contribution in [-0.2, 0) is 14.3 Å². The number of halogens is 1. The summed E-state index contributed by atoms with van der Waals surface area (Å²) in [6, 6.07) is 16.4. The lowest BCUT2D eigenvalue weighted by molar-refractivity contribution is -0.140. The number of benzene rings is 2. The van der Waals surface area contributed by atoms with Crippen LogP contribution in [0.5, 0.6) is 0 Å². The van der Waals surface area contributed by atoms with Crippen LogP contribution in [0.15, 0.2) is 77.4 Å². The summed E-state index contributed by atoms with van der Waals surface area (Å²) in [7, 11) is 0. The Hall–Kier alpha value is -3.18. The van der Waals surface area contributed by atoms with Gasteiger partial charge in [-0.05, 0) is 29.3 Å². The Labute approximate surface area is 167 Å². The fraction of sp³-hybridized carbons (Fsp3) is 0.136. The number of carboxylic acid groups (broad SMARTS) is 1. The molecule has 28 heavy (non-hydrogen) atoms. The molecule has 6 heteroatoms. The minimum atomic E-state index is -1.07. The van der Waals surface area contributed by atoms with Gasteiger partial charge in [0, 0.05) is 23.4 Å². The summed E-state index contributed by atoms with van der Waals surface area (Å²) in [4.78, 5) is 28.3. The monoisotopic (exact) mass is 395 g/mol. The first-order valence-corrected chi connectivity index (χ1v) is 9.04. The normalized spacial score (nSPS) is 18.7. The topological polar surface area (TPSA) is 76.0 Å². The number of aliphatic carboxylic acids is 1. The molecule has 1 N–H and O–H groups in total. The number of rotatable bonds is 6. The fourth-order valence-electron chi connectivity index (χ4n) is 3.00. The van der Waals surface area contributed by atoms with Crippen molar-refractivity contribution >= 4 is 35.8 Å². The second kappa shape index (κ2) is 9.15. The van der Waals surface area contributed by atoms with Gasteiger partial charge in [-0.25, -0.2) is 4.79 Å². The van der Waals surface area contributed by atoms with Gasteiger partial charge in [0.15, 0.2) is 0 Å². The number of carbonyl (C=O) groups excluding carboxylic acids is 1. The highest BCUT2D eigenvalue weighted by Gasteiger charge is 2.36. The van der Waals surface area contributed by atoms with Crippen molar-refractivity contribution in [3.05, 3.63) is 88.6 Å². The zero-order chi connectivity index (χ0) is 19.9. The van der Waals surface area contributed by atoms with Gasteiger partial charge in [0.1, 0.15) is 12.5 Å². The van der Waals surface area contributed by atoms with Crippen LogP contribution in [0.4, 0.5) is 0 Å². The third kappa shape index (κ3) is 4.75. The lowest BCUT2D eigenvalue weighted by atomic mass is 9.80. The van der Waals surface area contributed by atoms with E-state index in [1.54, 1.807) is 30.3 Å². The van der Waals surface area contributed by atoms with Crippen LogP contribution >= 0.6 is 11.6 Å². The summed E-state index contributed by atoms with van der Waals surface area (Å²) in [6.45, 7) is 0.0643. The highest BCUT2D eigenvalue weighted by molar-refractivity contribution is 6.30. The maximum absolute atomic E-state index is 12.6. The molecule has 2 unspecified atom stereocenters. The van der Waals surface area contributed by atoms with Gasteiger partial charge in [-0.1, -0.05) is 60.1 Å². The van der Waals surface area contributed by atoms with Crippen molar-refractivity contribution in [1.82, 2.24) is 0 Å². The van der Waals surface area contributed by atoms with Gasteiger partial charge in [0.05, 0.1) is 5.57 Å². The van der Waals surface area contributed by atoms with Crippen LogP contribution in [0.25, 0.3) is 6.08 Å². The number of carbonyl (C=O) groups is 2. The average molecular weight is 396 g/mol. The minimum Gasteiger partial charge on any atom is -0.481 e. The molecule has 1 aliphatic heterocycles. The maximum Gasteiger partial charge on any atom is 0.336 e. The van der Waals surface area contributed by atoms with Crippen LogP contribution in [0.1, 0.15) is 17.0 Å². The molecule has 0 aliphatic carbocycles. The molecule has 0 fully saturated rings. The van der Waals surface area contributed by atoms with Crippen LogP contribution in [0.2, 0.25) is 5.02 Å². The number of aliphatic imine (C=N–C) groups is 1. The third-order valence-electron chi connectivity index (χ3n) is 4.30. The first-order chi connectivity index (χ1) is 13.6. The summed E-state index contributed by atoms with van der Waals surface area (Å²) in [5, 5.41) is 10.0. The predicted octanol–water partition coefficient (Wildman–Crippen LogP) is 4.35. The molecule has 0 radical (unpaired) electrons. The molecule has 0 saturated carbocycles. The van der Waals surface area contributed by atoms with E-state index in [2.05, 4.69) is 4.99 Å². The fourth-order valence-corrected chi connectivity index (χ4v) is 3.20. The number of hydrogen-bond donors (Lipinski definition) is 1. The van der Waals surface area contributed by atoms with Gasteiger partial charge in [0.25, 0.3) is 0 Å². The molecular formula is C22H18ClNO4. The SMILES string of the molecule is O=C(OCC=Cc1ccccc1)C1=CN=CC(C(=O)O)C1c1cccc(Cl)c1. The Morgan fingerprint density at radius 2 is 1.93 bits per heavy atom. The first-order valence-electron chi connectivity index (χ1n) is 8.66. The van der Waals surface area contributed by atoms with E-state index in [0.717, 1.165) is 5.56 Å². The number of ether oxygens (including phenoxy) is 1. The quantitative estimate of drug-likeness (QED) is 0.738. The van der Waals surface area contributed by atoms with Crippen LogP contribution in [0.3, 0.4) is 0 Å². The first kappa shape index (κ1) is 19.6. The molecule has 0 amide bonds. The zero-order valence-electron chi connectivity index (χ0n) is 14.9. The average Bonchev–Trinajstić information content (AvgIpc) is 2.71. The van der Waals surface area contributed by atoms with Crippen LogP contribution in [0, 0.1) is 5.92 Å². The van der Waals surface area contributed by atoms with E-state index in [0.29, 0.717) is 10.6 Å². The standard InChI is InChI=1S/C22H18ClNO4/c23-17-10-4-9-16(12-17)20-18(21(25)26)13-24-14-19(20)22(27)28-11-5-8-15-6-2-1-3-7-15/h1-10,12-14,18,20H,11H2,(H,25,26). The maximum atomic E-state index is 12.6. The molecule has 2 aromatic carbocycles. The van der Waals surface area contributed by atoms with E-state index in [-0.39, 0.29) is 12.2 Å². The number of esters is 1. The summed E-state index contributed by atoms with van der Waals surface area (Å²) in [6.07, 6.45) is 6.24. The van der Waals surface area contributed by atoms with E-state index in [9.17, 15) is 14.7 Å². The Kier molecular flexibility index (Phi) is 6.40. The van der Waals surface area contributed by atoms with Gasteiger partial charge < -0.3 is 9.84 Å². The van der Waals surface area contributed by atoms with Gasteiger partial charge in [-0.3, -0.25) is 9.79 Å². The van der Waals surface area contributed by atoms with Crippen molar-refractivity contribution in [2.24, 2.45) is 10.9 Å². The summed E-state index contributed by atoms with van der Waals surface area (Å²) >= 11 is 6.05. The van der Waals surface area contributed by atoms with Crippen molar-refractivity contribution in [3.8, 4) is 0 Å². The molecule has 0 aromatic heterocycles. The molecule has 5 nitrogen and oxygen atoms in total. The second-order valence-corrected chi connectivity index (χ2v) is 6.63. The van der Waals surface area contributed by atoms with Gasteiger partial charge in [-0.2, -0.15) is 0 Å². The van der Waals surface area contributed by atoms with E-state index >= 15 is 0 Å². The van der Waals surface area contributed by atoms with Gasteiger partial charge in [-0.15, -0.1) is 0 Å². The van der Waals surface area contributed by atoms with Gasteiger partial charge in [0.2, 0.25) is 0 Å². The Morgan fingerprint density at radius 3 is 2.64 bits per heavy atom. The van der Waals surface area contributed by atoms with Gasteiger partial charge >= 0.3 is 11.9 Å². The highest BCUT2D eigenvalue weighted by Crippen LogP contribution is 2.35. The lowest BCUT2D eigenvalue weighted by Gasteiger charge is -2.25. The minimum absolute atomic E-state index is 0.0643. The summed E-state index contributed by atoms with van der Waals surface area (Å²) < 4.78 is 5.32. The Balaban J connectivity index is 1.76. The largest absolute Gasteiger partial charge is 0.481 e. The molecule has 142 valence electrons. The third-order valence-corrected chi connectivity index (χ3v) is 4.54. The molecule has 3 rings (SSSR count). The van der Waals surface area contributed by atoms with E-state index in [1.807, 2.05) is 36.4 Å². The predicted molar refractivity (Wildman–Crippen MR) is 108 cm³/mol. The van der Waals surface area contributed by atoms with Crippen LogP contribution in [-0.4, -0.2) is 29.9 Å². The van der Waals surface area contributed by atoms with Crippen molar-refractivity contribution in [2.45, 2.75) is 5.92 Å². The van der Waals surface area contributed by atoms with E-state index < -0.39 is 23.8 Å². The van der Waals surface area contributed by atoms with Crippen molar-refractivity contribution in [1.29, 1.82) is 0 Å². The molecule has 0 saturated heterocycles. The van der Waals surface area contributed by atoms with Crippen molar-refractivity contribution in [3.63, 3.8) is 0 Å². The molecule has 1 aliphatic rings. The summed E-state index contributed by atoms with van der Waals surface area (Å²) in [5.74, 6) is -3.38. The Morgan fingerprint density at radius 1 is 1.14 bits per heavy atom.